The summed E-state index contributed by atoms with van der Waals surface area (Å²) in [4.78, 5) is 12.3. The normalized spacial score (nSPS) is 12.6. The van der Waals surface area contributed by atoms with Gasteiger partial charge >= 0.3 is 0 Å². The van der Waals surface area contributed by atoms with Crippen LogP contribution in [0.4, 0.5) is 0 Å². The summed E-state index contributed by atoms with van der Waals surface area (Å²) in [5, 5.41) is 23.9. The highest BCUT2D eigenvalue weighted by Gasteiger charge is 2.18. The molecule has 21 heavy (non-hydrogen) atoms. The molecule has 4 nitrogen and oxygen atoms in total. The van der Waals surface area contributed by atoms with Crippen molar-refractivity contribution in [3.05, 3.63) is 42.0 Å². The Hall–Kier alpha value is -2.07. The van der Waals surface area contributed by atoms with E-state index in [0.29, 0.717) is 17.7 Å². The molecule has 0 bridgehead atoms. The maximum atomic E-state index is 12.3. The molecule has 1 unspecified atom stereocenters. The zero-order valence-electron chi connectivity index (χ0n) is 12.3. The fraction of sp³-hybridized carbons (Fsp3) is 0.353. The van der Waals surface area contributed by atoms with Crippen LogP contribution < -0.4 is 5.32 Å². The first-order chi connectivity index (χ1) is 10.0. The molecule has 0 radical (unpaired) electrons. The number of phenolic OH excluding ortho intramolecular Hbond substituents is 1. The highest BCUT2D eigenvalue weighted by atomic mass is 16.3. The Morgan fingerprint density at radius 2 is 1.90 bits per heavy atom. The first-order valence-electron chi connectivity index (χ1n) is 7.15. The lowest BCUT2D eigenvalue weighted by atomic mass is 10.0. The molecule has 2 aromatic rings. The summed E-state index contributed by atoms with van der Waals surface area (Å²) in [5.74, 6) is -0.0163. The zero-order chi connectivity index (χ0) is 15.4. The Morgan fingerprint density at radius 1 is 1.19 bits per heavy atom. The molecule has 1 atom stereocenters. The van der Waals surface area contributed by atoms with E-state index in [1.165, 1.54) is 0 Å². The van der Waals surface area contributed by atoms with Crippen LogP contribution in [0.25, 0.3) is 10.8 Å². The zero-order valence-corrected chi connectivity index (χ0v) is 12.3. The Kier molecular flexibility index (Phi) is 4.81. The van der Waals surface area contributed by atoms with E-state index in [4.69, 9.17) is 0 Å². The number of hydrogen-bond donors (Lipinski definition) is 3. The number of aliphatic hydroxyl groups is 1. The minimum atomic E-state index is -0.363. The van der Waals surface area contributed by atoms with Crippen LogP contribution in [0.3, 0.4) is 0 Å². The molecule has 0 aliphatic carbocycles. The third-order valence-electron chi connectivity index (χ3n) is 3.46. The average Bonchev–Trinajstić information content (AvgIpc) is 2.46. The Labute approximate surface area is 124 Å². The number of nitrogens with one attached hydrogen (secondary N) is 1. The number of aliphatic hydroxyl groups excluding tert-OH is 1. The SMILES string of the molecule is CC(C)CC(CO)NC(=O)c1ccc2ccccc2c1O. The van der Waals surface area contributed by atoms with Crippen LogP contribution in [0.1, 0.15) is 30.6 Å². The molecule has 0 saturated carbocycles. The second-order valence-electron chi connectivity index (χ2n) is 5.67. The van der Waals surface area contributed by atoms with E-state index in [0.717, 1.165) is 5.39 Å². The lowest BCUT2D eigenvalue weighted by Crippen LogP contribution is -2.38. The third-order valence-corrected chi connectivity index (χ3v) is 3.46. The summed E-state index contributed by atoms with van der Waals surface area (Å²) in [5.41, 5.74) is 0.232. The largest absolute Gasteiger partial charge is 0.506 e. The van der Waals surface area contributed by atoms with Gasteiger partial charge in [-0.3, -0.25) is 4.79 Å². The van der Waals surface area contributed by atoms with Gasteiger partial charge in [0, 0.05) is 5.39 Å². The predicted octanol–water partition coefficient (Wildman–Crippen LogP) is 2.68. The molecular weight excluding hydrogens is 266 g/mol. The number of carbonyl (C=O) groups excluding carboxylic acids is 1. The molecule has 0 aliphatic heterocycles. The highest BCUT2D eigenvalue weighted by Crippen LogP contribution is 2.28. The van der Waals surface area contributed by atoms with E-state index in [9.17, 15) is 15.0 Å². The monoisotopic (exact) mass is 287 g/mol. The van der Waals surface area contributed by atoms with Gasteiger partial charge in [-0.25, -0.2) is 0 Å². The fourth-order valence-corrected chi connectivity index (χ4v) is 2.45. The van der Waals surface area contributed by atoms with Gasteiger partial charge in [0.05, 0.1) is 18.2 Å². The quantitative estimate of drug-likeness (QED) is 0.792. The van der Waals surface area contributed by atoms with Crippen LogP contribution in [0.15, 0.2) is 36.4 Å². The van der Waals surface area contributed by atoms with Gasteiger partial charge in [0.1, 0.15) is 5.75 Å². The Morgan fingerprint density at radius 3 is 2.57 bits per heavy atom. The number of fused-ring (bicyclic) bond motifs is 1. The van der Waals surface area contributed by atoms with Crippen molar-refractivity contribution in [2.24, 2.45) is 5.92 Å². The second kappa shape index (κ2) is 6.59. The lowest BCUT2D eigenvalue weighted by Gasteiger charge is -2.18. The van der Waals surface area contributed by atoms with Crippen LogP contribution in [0.5, 0.6) is 5.75 Å². The molecule has 0 heterocycles. The molecule has 0 fully saturated rings. The van der Waals surface area contributed by atoms with Gasteiger partial charge in [-0.2, -0.15) is 0 Å². The van der Waals surface area contributed by atoms with Gasteiger partial charge in [-0.15, -0.1) is 0 Å². The van der Waals surface area contributed by atoms with Crippen LogP contribution in [-0.2, 0) is 0 Å². The van der Waals surface area contributed by atoms with Crippen molar-refractivity contribution in [1.82, 2.24) is 5.32 Å². The van der Waals surface area contributed by atoms with Crippen molar-refractivity contribution in [2.75, 3.05) is 6.61 Å². The number of hydrogen-bond acceptors (Lipinski definition) is 3. The maximum absolute atomic E-state index is 12.3. The smallest absolute Gasteiger partial charge is 0.255 e. The van der Waals surface area contributed by atoms with Gasteiger partial charge in [0.25, 0.3) is 5.91 Å². The first kappa shape index (κ1) is 15.3. The molecule has 1 amide bonds. The number of rotatable bonds is 5. The molecule has 4 heteroatoms. The van der Waals surface area contributed by atoms with Crippen LogP contribution in [-0.4, -0.2) is 28.8 Å². The topological polar surface area (TPSA) is 69.6 Å². The summed E-state index contributed by atoms with van der Waals surface area (Å²) in [7, 11) is 0. The van der Waals surface area contributed by atoms with Crippen molar-refractivity contribution < 1.29 is 15.0 Å². The maximum Gasteiger partial charge on any atom is 0.255 e. The van der Waals surface area contributed by atoms with E-state index in [-0.39, 0.29) is 29.9 Å². The molecule has 0 aromatic heterocycles. The van der Waals surface area contributed by atoms with Crippen LogP contribution in [0, 0.1) is 5.92 Å². The van der Waals surface area contributed by atoms with E-state index < -0.39 is 0 Å². The van der Waals surface area contributed by atoms with Gasteiger partial charge in [0.2, 0.25) is 0 Å². The van der Waals surface area contributed by atoms with Crippen molar-refractivity contribution in [2.45, 2.75) is 26.3 Å². The van der Waals surface area contributed by atoms with E-state index in [1.54, 1.807) is 18.2 Å². The van der Waals surface area contributed by atoms with Crippen molar-refractivity contribution in [3.8, 4) is 5.75 Å². The Bertz CT molecular complexity index is 637. The predicted molar refractivity (Wildman–Crippen MR) is 83.4 cm³/mol. The lowest BCUT2D eigenvalue weighted by molar-refractivity contribution is 0.0906. The highest BCUT2D eigenvalue weighted by molar-refractivity contribution is 6.03. The molecule has 3 N–H and O–H groups in total. The minimum Gasteiger partial charge on any atom is -0.506 e. The van der Waals surface area contributed by atoms with Crippen molar-refractivity contribution >= 4 is 16.7 Å². The third kappa shape index (κ3) is 3.52. The van der Waals surface area contributed by atoms with E-state index >= 15 is 0 Å². The fourth-order valence-electron chi connectivity index (χ4n) is 2.45. The number of benzene rings is 2. The van der Waals surface area contributed by atoms with Crippen LogP contribution in [0.2, 0.25) is 0 Å². The number of phenols is 1. The molecule has 2 aromatic carbocycles. The summed E-state index contributed by atoms with van der Waals surface area (Å²) in [6.07, 6.45) is 0.691. The average molecular weight is 287 g/mol. The van der Waals surface area contributed by atoms with Crippen molar-refractivity contribution in [3.63, 3.8) is 0 Å². The number of amides is 1. The second-order valence-corrected chi connectivity index (χ2v) is 5.67. The Balaban J connectivity index is 2.25. The van der Waals surface area contributed by atoms with Gasteiger partial charge in [-0.1, -0.05) is 44.2 Å². The van der Waals surface area contributed by atoms with Crippen molar-refractivity contribution in [1.29, 1.82) is 0 Å². The number of carbonyl (C=O) groups is 1. The summed E-state index contributed by atoms with van der Waals surface area (Å²) < 4.78 is 0. The summed E-state index contributed by atoms with van der Waals surface area (Å²) >= 11 is 0. The van der Waals surface area contributed by atoms with E-state index in [1.807, 2.05) is 32.0 Å². The molecule has 0 saturated heterocycles. The molecular formula is C17H21NO3. The summed E-state index contributed by atoms with van der Waals surface area (Å²) in [6, 6.07) is 10.5. The summed E-state index contributed by atoms with van der Waals surface area (Å²) in [6.45, 7) is 3.95. The van der Waals surface area contributed by atoms with Gasteiger partial charge in [-0.05, 0) is 23.8 Å². The molecule has 112 valence electrons. The molecule has 0 spiro atoms. The van der Waals surface area contributed by atoms with Gasteiger partial charge < -0.3 is 15.5 Å². The van der Waals surface area contributed by atoms with Crippen LogP contribution >= 0.6 is 0 Å². The number of aromatic hydroxyl groups is 1. The minimum absolute atomic E-state index is 0.0214. The van der Waals surface area contributed by atoms with Gasteiger partial charge in [0.15, 0.2) is 0 Å². The first-order valence-corrected chi connectivity index (χ1v) is 7.15. The van der Waals surface area contributed by atoms with E-state index in [2.05, 4.69) is 5.32 Å². The molecule has 0 aliphatic rings. The molecule has 2 rings (SSSR count). The standard InChI is InChI=1S/C17H21NO3/c1-11(2)9-13(10-19)18-17(21)15-8-7-12-5-3-4-6-14(12)16(15)20/h3-8,11,13,19-20H,9-10H2,1-2H3,(H,18,21).